The average molecular weight is 567 g/mol. The number of para-hydroxylation sites is 2. The van der Waals surface area contributed by atoms with E-state index in [1.165, 1.54) is 0 Å². The van der Waals surface area contributed by atoms with Gasteiger partial charge in [0.1, 0.15) is 11.8 Å². The first-order chi connectivity index (χ1) is 20.3. The predicted molar refractivity (Wildman–Crippen MR) is 156 cm³/mol. The molecule has 3 atom stereocenters. The molecule has 0 unspecified atom stereocenters. The van der Waals surface area contributed by atoms with Crippen LogP contribution in [-0.2, 0) is 23.9 Å². The molecule has 3 aromatic carbocycles. The van der Waals surface area contributed by atoms with Crippen molar-refractivity contribution in [2.75, 3.05) is 18.5 Å². The van der Waals surface area contributed by atoms with Gasteiger partial charge in [0.2, 0.25) is 11.8 Å². The Morgan fingerprint density at radius 3 is 1.81 bits per heavy atom. The Morgan fingerprint density at radius 1 is 0.810 bits per heavy atom. The maximum Gasteiger partial charge on any atom is 0.329 e. The van der Waals surface area contributed by atoms with Crippen molar-refractivity contribution in [2.24, 2.45) is 17.8 Å². The zero-order chi connectivity index (χ0) is 29.5. The molecule has 8 heteroatoms. The van der Waals surface area contributed by atoms with E-state index in [0.717, 1.165) is 27.2 Å². The number of hydrogen-bond acceptors (Lipinski definition) is 6. The van der Waals surface area contributed by atoms with Crippen LogP contribution in [0.1, 0.15) is 61.3 Å². The fourth-order valence-corrected chi connectivity index (χ4v) is 7.03. The molecule has 4 aliphatic rings. The number of nitrogens with zero attached hydrogens (tertiary/aromatic N) is 1. The van der Waals surface area contributed by atoms with Crippen molar-refractivity contribution >= 4 is 29.4 Å². The third-order valence-electron chi connectivity index (χ3n) is 8.57. The predicted octanol–water partition coefficient (Wildman–Crippen LogP) is 4.87. The number of anilines is 1. The second kappa shape index (κ2) is 11.1. The van der Waals surface area contributed by atoms with E-state index < -0.39 is 36.4 Å². The Bertz CT molecular complexity index is 1450. The highest BCUT2D eigenvalue weighted by Crippen LogP contribution is 2.61. The van der Waals surface area contributed by atoms with Gasteiger partial charge in [-0.3, -0.25) is 19.3 Å². The van der Waals surface area contributed by atoms with Crippen LogP contribution in [0.5, 0.6) is 5.75 Å². The molecule has 7 rings (SSSR count). The Morgan fingerprint density at radius 2 is 1.31 bits per heavy atom. The fraction of sp³-hybridized carbons (Fsp3) is 0.353. The summed E-state index contributed by atoms with van der Waals surface area (Å²) >= 11 is 0. The average Bonchev–Trinajstić information content (AvgIpc) is 3.25. The standard InChI is InChI=1S/C34H34N2O6/c1-4-41-26-16-10-9-15-24(26)35-27(37)18-42-34(40)25(17-19(2)3)36-32(38)30-28-20-11-5-6-12-21(20)29(31(30)33(36)39)23-14-8-7-13-22(23)28/h5-16,19,25,28-31H,4,17-18H2,1-3H3,(H,35,37)/t25-,28?,29?,30-,31+/m0/s1. The first-order valence-corrected chi connectivity index (χ1v) is 14.5. The largest absolute Gasteiger partial charge is 0.492 e. The lowest BCUT2D eigenvalue weighted by molar-refractivity contribution is -0.160. The van der Waals surface area contributed by atoms with Crippen molar-refractivity contribution in [3.63, 3.8) is 0 Å². The van der Waals surface area contributed by atoms with Gasteiger partial charge in [-0.1, -0.05) is 74.5 Å². The molecule has 1 saturated heterocycles. The number of rotatable bonds is 9. The van der Waals surface area contributed by atoms with Gasteiger partial charge in [0.05, 0.1) is 24.1 Å². The third kappa shape index (κ3) is 4.55. The van der Waals surface area contributed by atoms with E-state index in [9.17, 15) is 19.2 Å². The number of esters is 1. The maximum atomic E-state index is 14.2. The summed E-state index contributed by atoms with van der Waals surface area (Å²) in [5, 5.41) is 2.71. The van der Waals surface area contributed by atoms with E-state index in [-0.39, 0.29) is 36.0 Å². The molecule has 216 valence electrons. The summed E-state index contributed by atoms with van der Waals surface area (Å²) in [5.41, 5.74) is 4.73. The van der Waals surface area contributed by atoms with E-state index in [1.54, 1.807) is 24.3 Å². The minimum atomic E-state index is -1.12. The quantitative estimate of drug-likeness (QED) is 0.293. The smallest absolute Gasteiger partial charge is 0.329 e. The van der Waals surface area contributed by atoms with Crippen molar-refractivity contribution in [2.45, 2.75) is 45.1 Å². The summed E-state index contributed by atoms with van der Waals surface area (Å²) < 4.78 is 11.0. The Balaban J connectivity index is 1.25. The highest BCUT2D eigenvalue weighted by molar-refractivity contribution is 6.10. The van der Waals surface area contributed by atoms with Crippen molar-refractivity contribution in [1.82, 2.24) is 4.90 Å². The normalized spacial score (nSPS) is 22.3. The van der Waals surface area contributed by atoms with Gasteiger partial charge in [0.15, 0.2) is 6.61 Å². The van der Waals surface area contributed by atoms with Crippen LogP contribution in [0.25, 0.3) is 0 Å². The van der Waals surface area contributed by atoms with Crippen molar-refractivity contribution in [3.8, 4) is 5.75 Å². The Hall–Kier alpha value is -4.46. The fourth-order valence-electron chi connectivity index (χ4n) is 7.03. The minimum Gasteiger partial charge on any atom is -0.492 e. The second-order valence-corrected chi connectivity index (χ2v) is 11.5. The molecule has 0 saturated carbocycles. The summed E-state index contributed by atoms with van der Waals surface area (Å²) in [5.74, 6) is -3.21. The molecule has 3 aromatic rings. The SMILES string of the molecule is CCOc1ccccc1NC(=O)COC(=O)[C@H](CC(C)C)N1C(=O)[C@@H]2C3c4ccccc4C(c4ccccc43)[C@@H]2C1=O. The number of carbonyl (C=O) groups is 4. The third-order valence-corrected chi connectivity index (χ3v) is 8.57. The molecule has 1 fully saturated rings. The van der Waals surface area contributed by atoms with Gasteiger partial charge in [-0.15, -0.1) is 0 Å². The van der Waals surface area contributed by atoms with Gasteiger partial charge in [-0.2, -0.15) is 0 Å². The second-order valence-electron chi connectivity index (χ2n) is 11.5. The number of amides is 3. The number of hydrogen-bond donors (Lipinski definition) is 1. The van der Waals surface area contributed by atoms with E-state index in [0.29, 0.717) is 18.0 Å². The van der Waals surface area contributed by atoms with Gasteiger partial charge in [0, 0.05) is 11.8 Å². The summed E-state index contributed by atoms with van der Waals surface area (Å²) in [6.45, 7) is 5.56. The molecule has 1 N–H and O–H groups in total. The van der Waals surface area contributed by atoms with Gasteiger partial charge < -0.3 is 14.8 Å². The number of carbonyl (C=O) groups excluding carboxylic acids is 4. The van der Waals surface area contributed by atoms with E-state index in [1.807, 2.05) is 69.3 Å². The number of benzene rings is 3. The Kier molecular flexibility index (Phi) is 7.31. The van der Waals surface area contributed by atoms with E-state index in [4.69, 9.17) is 9.47 Å². The van der Waals surface area contributed by atoms with Gasteiger partial charge >= 0.3 is 5.97 Å². The monoisotopic (exact) mass is 566 g/mol. The van der Waals surface area contributed by atoms with Crippen molar-refractivity contribution in [1.29, 1.82) is 0 Å². The molecule has 3 amide bonds. The zero-order valence-electron chi connectivity index (χ0n) is 23.9. The lowest BCUT2D eigenvalue weighted by Crippen LogP contribution is -2.47. The number of nitrogens with one attached hydrogen (secondary N) is 1. The molecular weight excluding hydrogens is 532 g/mol. The summed E-state index contributed by atoms with van der Waals surface area (Å²) in [7, 11) is 0. The number of likely N-dealkylation sites (tertiary alicyclic amines) is 1. The summed E-state index contributed by atoms with van der Waals surface area (Å²) in [6.07, 6.45) is 0.236. The van der Waals surface area contributed by atoms with Crippen LogP contribution >= 0.6 is 0 Å². The first kappa shape index (κ1) is 27.7. The molecule has 0 radical (unpaired) electrons. The van der Waals surface area contributed by atoms with Crippen molar-refractivity contribution in [3.05, 3.63) is 95.1 Å². The highest BCUT2D eigenvalue weighted by atomic mass is 16.5. The van der Waals surface area contributed by atoms with Crippen LogP contribution in [0.15, 0.2) is 72.8 Å². The lowest BCUT2D eigenvalue weighted by atomic mass is 9.55. The maximum absolute atomic E-state index is 14.2. The van der Waals surface area contributed by atoms with Crippen LogP contribution in [0.4, 0.5) is 5.69 Å². The summed E-state index contributed by atoms with van der Waals surface area (Å²) in [4.78, 5) is 55.7. The molecule has 3 aliphatic carbocycles. The molecule has 2 bridgehead atoms. The number of ether oxygens (including phenoxy) is 2. The van der Waals surface area contributed by atoms with Crippen LogP contribution in [-0.4, -0.2) is 47.8 Å². The van der Waals surface area contributed by atoms with Gasteiger partial charge in [0.25, 0.3) is 5.91 Å². The van der Waals surface area contributed by atoms with E-state index in [2.05, 4.69) is 5.32 Å². The molecule has 0 aromatic heterocycles. The lowest BCUT2D eigenvalue weighted by Gasteiger charge is -2.45. The van der Waals surface area contributed by atoms with Crippen LogP contribution in [0.2, 0.25) is 0 Å². The Labute approximate surface area is 245 Å². The minimum absolute atomic E-state index is 0.0104. The molecule has 1 heterocycles. The van der Waals surface area contributed by atoms with Gasteiger partial charge in [-0.05, 0) is 53.6 Å². The molecule has 1 aliphatic heterocycles. The molecule has 0 spiro atoms. The highest BCUT2D eigenvalue weighted by Gasteiger charge is 2.63. The van der Waals surface area contributed by atoms with Crippen LogP contribution in [0.3, 0.4) is 0 Å². The molecular formula is C34H34N2O6. The first-order valence-electron chi connectivity index (χ1n) is 14.5. The van der Waals surface area contributed by atoms with Crippen molar-refractivity contribution < 1.29 is 28.7 Å². The number of imide groups is 1. The van der Waals surface area contributed by atoms with Crippen LogP contribution in [0, 0.1) is 17.8 Å². The molecule has 42 heavy (non-hydrogen) atoms. The topological polar surface area (TPSA) is 102 Å². The zero-order valence-corrected chi connectivity index (χ0v) is 23.9. The van der Waals surface area contributed by atoms with Gasteiger partial charge in [-0.25, -0.2) is 4.79 Å². The molecule has 8 nitrogen and oxygen atoms in total. The summed E-state index contributed by atoms with van der Waals surface area (Å²) in [6, 6.07) is 21.9. The van der Waals surface area contributed by atoms with Crippen LogP contribution < -0.4 is 10.1 Å². The van der Waals surface area contributed by atoms with E-state index >= 15 is 0 Å².